The minimum Gasteiger partial charge on any atom is -0.508 e. The number of nitrogens with zero attached hydrogens (tertiary/aromatic N) is 2. The lowest BCUT2D eigenvalue weighted by atomic mass is 10.1. The van der Waals surface area contributed by atoms with Crippen LogP contribution in [-0.4, -0.2) is 20.1 Å². The summed E-state index contributed by atoms with van der Waals surface area (Å²) in [6.45, 7) is 1.92. The number of fused-ring (bicyclic) bond motifs is 1. The molecule has 0 radical (unpaired) electrons. The zero-order valence-corrected chi connectivity index (χ0v) is 9.81. The first-order valence-electron chi connectivity index (χ1n) is 5.56. The van der Waals surface area contributed by atoms with Crippen molar-refractivity contribution < 1.29 is 5.11 Å². The average Bonchev–Trinajstić information content (AvgIpc) is 2.71. The minimum absolute atomic E-state index is 0.245. The van der Waals surface area contributed by atoms with E-state index in [0.717, 1.165) is 22.5 Å². The number of rotatable bonds is 1. The fourth-order valence-electron chi connectivity index (χ4n) is 1.95. The lowest BCUT2D eigenvalue weighted by molar-refractivity contribution is 0.475. The summed E-state index contributed by atoms with van der Waals surface area (Å²) in [6, 6.07) is 8.74. The molecule has 2 aromatic heterocycles. The molecule has 18 heavy (non-hydrogen) atoms. The summed E-state index contributed by atoms with van der Waals surface area (Å²) in [5.74, 6) is 1.42. The second kappa shape index (κ2) is 3.73. The molecule has 0 saturated carbocycles. The molecule has 0 unspecified atom stereocenters. The van der Waals surface area contributed by atoms with Crippen LogP contribution < -0.4 is 5.73 Å². The van der Waals surface area contributed by atoms with Crippen LogP contribution in [0.2, 0.25) is 0 Å². The molecule has 0 spiro atoms. The molecule has 1 aromatic carbocycles. The number of pyridine rings is 1. The Morgan fingerprint density at radius 3 is 2.78 bits per heavy atom. The molecule has 0 fully saturated rings. The summed E-state index contributed by atoms with van der Waals surface area (Å²) in [5.41, 5.74) is 8.94. The van der Waals surface area contributed by atoms with E-state index in [4.69, 9.17) is 5.73 Å². The number of aromatic hydroxyl groups is 1. The molecule has 0 atom stereocenters. The molecular weight excluding hydrogens is 228 g/mol. The van der Waals surface area contributed by atoms with E-state index in [1.54, 1.807) is 18.2 Å². The number of benzene rings is 1. The Bertz CT molecular complexity index is 733. The quantitative estimate of drug-likeness (QED) is 0.608. The molecule has 4 N–H and O–H groups in total. The van der Waals surface area contributed by atoms with Gasteiger partial charge in [0.2, 0.25) is 0 Å². The van der Waals surface area contributed by atoms with Gasteiger partial charge in [-0.1, -0.05) is 0 Å². The molecule has 2 heterocycles. The zero-order valence-electron chi connectivity index (χ0n) is 9.81. The van der Waals surface area contributed by atoms with Gasteiger partial charge in [0.25, 0.3) is 0 Å². The number of nitrogen functional groups attached to an aromatic ring is 1. The molecule has 3 aromatic rings. The summed E-state index contributed by atoms with van der Waals surface area (Å²) in [5, 5.41) is 9.40. The Morgan fingerprint density at radius 2 is 2.00 bits per heavy atom. The van der Waals surface area contributed by atoms with E-state index in [9.17, 15) is 5.11 Å². The van der Waals surface area contributed by atoms with Crippen LogP contribution >= 0.6 is 0 Å². The number of anilines is 1. The third-order valence-corrected chi connectivity index (χ3v) is 2.83. The number of nitrogens with one attached hydrogen (secondary N) is 1. The molecule has 0 amide bonds. The SMILES string of the molecule is Cc1cc(O)ccc1-c1nc2nc(N)ccc2[nH]1. The van der Waals surface area contributed by atoms with Gasteiger partial charge in [0.05, 0.1) is 5.52 Å². The van der Waals surface area contributed by atoms with Gasteiger partial charge in [-0.25, -0.2) is 9.97 Å². The van der Waals surface area contributed by atoms with Crippen LogP contribution in [0.5, 0.6) is 5.75 Å². The maximum Gasteiger partial charge on any atom is 0.180 e. The lowest BCUT2D eigenvalue weighted by Crippen LogP contribution is -1.88. The normalized spacial score (nSPS) is 10.9. The molecule has 0 bridgehead atoms. The summed E-state index contributed by atoms with van der Waals surface area (Å²) in [7, 11) is 0. The van der Waals surface area contributed by atoms with Crippen molar-refractivity contribution in [1.82, 2.24) is 15.0 Å². The Hall–Kier alpha value is -2.56. The Kier molecular flexibility index (Phi) is 2.19. The second-order valence-electron chi connectivity index (χ2n) is 4.19. The van der Waals surface area contributed by atoms with Crippen molar-refractivity contribution in [3.63, 3.8) is 0 Å². The van der Waals surface area contributed by atoms with E-state index in [1.165, 1.54) is 0 Å². The van der Waals surface area contributed by atoms with E-state index in [-0.39, 0.29) is 5.75 Å². The third kappa shape index (κ3) is 1.66. The number of hydrogen-bond acceptors (Lipinski definition) is 4. The van der Waals surface area contributed by atoms with Gasteiger partial charge >= 0.3 is 0 Å². The molecule has 5 nitrogen and oxygen atoms in total. The Labute approximate surface area is 103 Å². The van der Waals surface area contributed by atoms with Crippen LogP contribution in [0.15, 0.2) is 30.3 Å². The van der Waals surface area contributed by atoms with Crippen LogP contribution in [-0.2, 0) is 0 Å². The monoisotopic (exact) mass is 240 g/mol. The number of aryl methyl sites for hydroxylation is 1. The largest absolute Gasteiger partial charge is 0.508 e. The number of aromatic nitrogens is 3. The van der Waals surface area contributed by atoms with Gasteiger partial charge in [0, 0.05) is 5.56 Å². The number of imidazole rings is 1. The highest BCUT2D eigenvalue weighted by molar-refractivity contribution is 5.78. The predicted octanol–water partition coefficient (Wildman–Crippen LogP) is 2.22. The summed E-state index contributed by atoms with van der Waals surface area (Å²) in [6.07, 6.45) is 0. The first kappa shape index (κ1) is 10.6. The topological polar surface area (TPSA) is 87.8 Å². The molecule has 5 heteroatoms. The standard InChI is InChI=1S/C13H12N4O/c1-7-6-8(18)2-3-9(7)12-15-10-4-5-11(14)16-13(10)17-12/h2-6,18H,1H3,(H3,14,15,16,17). The maximum absolute atomic E-state index is 9.40. The first-order valence-corrected chi connectivity index (χ1v) is 5.56. The maximum atomic E-state index is 9.40. The highest BCUT2D eigenvalue weighted by Crippen LogP contribution is 2.25. The lowest BCUT2D eigenvalue weighted by Gasteiger charge is -2.02. The molecular formula is C13H12N4O. The summed E-state index contributed by atoms with van der Waals surface area (Å²) < 4.78 is 0. The van der Waals surface area contributed by atoms with Gasteiger partial charge in [-0.2, -0.15) is 0 Å². The smallest absolute Gasteiger partial charge is 0.180 e. The van der Waals surface area contributed by atoms with Crippen LogP contribution in [0.25, 0.3) is 22.6 Å². The average molecular weight is 240 g/mol. The number of phenols is 1. The second-order valence-corrected chi connectivity index (χ2v) is 4.19. The van der Waals surface area contributed by atoms with Crippen LogP contribution in [0.1, 0.15) is 5.56 Å². The first-order chi connectivity index (χ1) is 8.63. The number of nitrogens with two attached hydrogens (primary N) is 1. The van der Waals surface area contributed by atoms with E-state index in [2.05, 4.69) is 15.0 Å². The minimum atomic E-state index is 0.245. The van der Waals surface area contributed by atoms with Crippen molar-refractivity contribution in [2.45, 2.75) is 6.92 Å². The van der Waals surface area contributed by atoms with E-state index < -0.39 is 0 Å². The summed E-state index contributed by atoms with van der Waals surface area (Å²) >= 11 is 0. The highest BCUT2D eigenvalue weighted by Gasteiger charge is 2.09. The van der Waals surface area contributed by atoms with Gasteiger partial charge in [-0.05, 0) is 42.8 Å². The van der Waals surface area contributed by atoms with Gasteiger partial charge in [-0.15, -0.1) is 0 Å². The molecule has 3 rings (SSSR count). The van der Waals surface area contributed by atoms with Crippen LogP contribution in [0.3, 0.4) is 0 Å². The molecule has 0 saturated heterocycles. The van der Waals surface area contributed by atoms with Gasteiger partial charge in [-0.3, -0.25) is 0 Å². The number of hydrogen-bond donors (Lipinski definition) is 3. The number of H-pyrrole nitrogens is 1. The zero-order chi connectivity index (χ0) is 12.7. The van der Waals surface area contributed by atoms with E-state index in [1.807, 2.05) is 19.1 Å². The number of phenolic OH excluding ortho intramolecular Hbond substituents is 1. The Balaban J connectivity index is 2.19. The van der Waals surface area contributed by atoms with Crippen LogP contribution in [0, 0.1) is 6.92 Å². The van der Waals surface area contributed by atoms with Gasteiger partial charge < -0.3 is 15.8 Å². The number of aromatic amines is 1. The van der Waals surface area contributed by atoms with Crippen molar-refractivity contribution in [2.24, 2.45) is 0 Å². The van der Waals surface area contributed by atoms with Crippen LogP contribution in [0.4, 0.5) is 5.82 Å². The van der Waals surface area contributed by atoms with Gasteiger partial charge in [0.1, 0.15) is 17.4 Å². The molecule has 90 valence electrons. The molecule has 0 aliphatic rings. The third-order valence-electron chi connectivity index (χ3n) is 2.83. The fraction of sp³-hybridized carbons (Fsp3) is 0.0769. The highest BCUT2D eigenvalue weighted by atomic mass is 16.3. The van der Waals surface area contributed by atoms with E-state index >= 15 is 0 Å². The predicted molar refractivity (Wildman–Crippen MR) is 70.1 cm³/mol. The van der Waals surface area contributed by atoms with Crippen molar-refractivity contribution in [3.05, 3.63) is 35.9 Å². The molecule has 0 aliphatic carbocycles. The van der Waals surface area contributed by atoms with Crippen molar-refractivity contribution in [3.8, 4) is 17.1 Å². The fourth-order valence-corrected chi connectivity index (χ4v) is 1.95. The van der Waals surface area contributed by atoms with Gasteiger partial charge in [0.15, 0.2) is 5.65 Å². The summed E-state index contributed by atoms with van der Waals surface area (Å²) in [4.78, 5) is 11.7. The van der Waals surface area contributed by atoms with E-state index in [0.29, 0.717) is 11.5 Å². The van der Waals surface area contributed by atoms with Crippen molar-refractivity contribution in [1.29, 1.82) is 0 Å². The Morgan fingerprint density at radius 1 is 1.17 bits per heavy atom. The molecule has 0 aliphatic heterocycles. The van der Waals surface area contributed by atoms with Crippen molar-refractivity contribution >= 4 is 17.0 Å². The van der Waals surface area contributed by atoms with Crippen molar-refractivity contribution in [2.75, 3.05) is 5.73 Å².